The Kier molecular flexibility index (Phi) is 9.67. The number of aromatic nitrogens is 3. The fourth-order valence-corrected chi connectivity index (χ4v) is 6.14. The van der Waals surface area contributed by atoms with Crippen molar-refractivity contribution in [2.75, 3.05) is 12.9 Å². The van der Waals surface area contributed by atoms with E-state index in [0.29, 0.717) is 28.3 Å². The number of methoxy groups -OCH3 is 1. The highest BCUT2D eigenvalue weighted by atomic mass is 35.5. The van der Waals surface area contributed by atoms with E-state index in [1.165, 1.54) is 13.2 Å². The normalized spacial score (nSPS) is 13.0. The lowest BCUT2D eigenvalue weighted by atomic mass is 10.1. The minimum absolute atomic E-state index is 0.0605. The Hall–Kier alpha value is -3.19. The van der Waals surface area contributed by atoms with E-state index >= 15 is 0 Å². The van der Waals surface area contributed by atoms with E-state index in [9.17, 15) is 18.8 Å². The van der Waals surface area contributed by atoms with Crippen molar-refractivity contribution in [1.82, 2.24) is 14.3 Å². The molecule has 0 saturated carbocycles. The number of rotatable bonds is 5. The average Bonchev–Trinajstić information content (AvgIpc) is 3.24. The molecule has 0 radical (unpaired) electrons. The van der Waals surface area contributed by atoms with Crippen LogP contribution in [0.3, 0.4) is 0 Å². The molecule has 0 unspecified atom stereocenters. The maximum Gasteiger partial charge on any atom is 0.339 e. The molecule has 40 heavy (non-hydrogen) atoms. The molecule has 9 nitrogen and oxygen atoms in total. The third-order valence-corrected chi connectivity index (χ3v) is 8.47. The van der Waals surface area contributed by atoms with Gasteiger partial charge >= 0.3 is 16.8 Å². The zero-order valence-electron chi connectivity index (χ0n) is 21.3. The number of aromatic carboxylic acids is 1. The van der Waals surface area contributed by atoms with Crippen LogP contribution < -0.4 is 9.67 Å². The van der Waals surface area contributed by atoms with Crippen LogP contribution in [0.2, 0.25) is 10.0 Å². The summed E-state index contributed by atoms with van der Waals surface area (Å²) in [5, 5.41) is 10.2. The summed E-state index contributed by atoms with van der Waals surface area (Å²) in [5.74, 6) is -1.98. The van der Waals surface area contributed by atoms with E-state index in [0.717, 1.165) is 53.0 Å². The molecule has 1 aliphatic rings. The monoisotopic (exact) mass is 624 g/mol. The number of thioether (sulfide) groups is 1. The van der Waals surface area contributed by atoms with Crippen LogP contribution in [0.25, 0.3) is 10.9 Å². The lowest BCUT2D eigenvalue weighted by Gasteiger charge is -2.15. The number of ether oxygens (including phenoxy) is 1. The van der Waals surface area contributed by atoms with Gasteiger partial charge in [0.25, 0.3) is 0 Å². The zero-order chi connectivity index (χ0) is 29.0. The van der Waals surface area contributed by atoms with Crippen LogP contribution in [0.5, 0.6) is 0 Å². The number of nitrogens with zero attached hydrogens (tertiary/aromatic N) is 4. The Morgan fingerprint density at radius 2 is 1.90 bits per heavy atom. The highest BCUT2D eigenvalue weighted by molar-refractivity contribution is 8.00. The summed E-state index contributed by atoms with van der Waals surface area (Å²) < 4.78 is 22.3. The van der Waals surface area contributed by atoms with Crippen LogP contribution >= 0.6 is 46.3 Å². The molecule has 0 saturated heterocycles. The molecule has 1 N–H and O–H groups in total. The molecule has 0 fully saturated rings. The number of esters is 1. The Balaban J connectivity index is 0.000000210. The van der Waals surface area contributed by atoms with E-state index < -0.39 is 17.8 Å². The SMILES string of the molecule is COC(=O)CSc1cc(N=c2sc(=O)n3n2CCCC3)c(F)cc1Cl.Cc1cnc2c(C(=O)O)c(Cl)ccc2c1. The zero-order valence-corrected chi connectivity index (χ0v) is 24.5. The first-order valence-corrected chi connectivity index (χ1v) is 14.5. The van der Waals surface area contributed by atoms with Gasteiger partial charge in [0.1, 0.15) is 17.1 Å². The number of benzene rings is 2. The van der Waals surface area contributed by atoms with E-state index in [-0.39, 0.29) is 31.9 Å². The Morgan fingerprint density at radius 3 is 2.60 bits per heavy atom. The highest BCUT2D eigenvalue weighted by Gasteiger charge is 2.16. The van der Waals surface area contributed by atoms with Gasteiger partial charge in [-0.15, -0.1) is 11.8 Å². The molecule has 4 aromatic rings. The number of carbonyl (C=O) groups excluding carboxylic acids is 1. The third kappa shape index (κ3) is 6.74. The number of hydrogen-bond acceptors (Lipinski definition) is 8. The molecule has 2 aromatic carbocycles. The molecule has 2 aromatic heterocycles. The Morgan fingerprint density at radius 1 is 1.18 bits per heavy atom. The van der Waals surface area contributed by atoms with Gasteiger partial charge in [-0.1, -0.05) is 29.3 Å². The Labute approximate surface area is 245 Å². The van der Waals surface area contributed by atoms with Crippen molar-refractivity contribution in [1.29, 1.82) is 0 Å². The summed E-state index contributed by atoms with van der Waals surface area (Å²) in [7, 11) is 1.30. The topological polar surface area (TPSA) is 116 Å². The van der Waals surface area contributed by atoms with Crippen molar-refractivity contribution in [3.05, 3.63) is 78.0 Å². The molecular formula is C26H23Cl2FN4O5S2. The second-order valence-electron chi connectivity index (χ2n) is 8.63. The summed E-state index contributed by atoms with van der Waals surface area (Å²) in [6.07, 6.45) is 3.53. The number of aryl methyl sites for hydroxylation is 1. The summed E-state index contributed by atoms with van der Waals surface area (Å²) in [6, 6.07) is 7.87. The van der Waals surface area contributed by atoms with Crippen molar-refractivity contribution in [2.45, 2.75) is 37.8 Å². The number of carboxylic acid groups (broad SMARTS) is 1. The molecule has 3 heterocycles. The van der Waals surface area contributed by atoms with Crippen LogP contribution in [0.4, 0.5) is 10.1 Å². The standard InChI is InChI=1S/C15H15ClFN3O3S2.C11H8ClNO2/c1-23-13(21)8-24-12-7-11(10(17)6-9(12)16)18-14-19-4-2-3-5-20(19)15(22)25-14;1-6-4-7-2-3-8(12)9(11(14)15)10(7)13-5-6/h6-7H,2-5,8H2,1H3;2-5H,1H3,(H,14,15). The molecule has 0 spiro atoms. The predicted molar refractivity (Wildman–Crippen MR) is 154 cm³/mol. The van der Waals surface area contributed by atoms with Crippen LogP contribution in [0.1, 0.15) is 28.8 Å². The fourth-order valence-electron chi connectivity index (χ4n) is 3.92. The molecule has 5 rings (SSSR count). The van der Waals surface area contributed by atoms with Gasteiger partial charge in [-0.05, 0) is 60.9 Å². The number of carboxylic acids is 1. The summed E-state index contributed by atoms with van der Waals surface area (Å²) in [6.45, 7) is 3.23. The van der Waals surface area contributed by atoms with Gasteiger partial charge in [0.15, 0.2) is 0 Å². The molecule has 210 valence electrons. The maximum atomic E-state index is 14.3. The summed E-state index contributed by atoms with van der Waals surface area (Å²) >= 11 is 14.0. The number of halogens is 3. The molecular weight excluding hydrogens is 602 g/mol. The van der Waals surface area contributed by atoms with Crippen molar-refractivity contribution < 1.29 is 23.8 Å². The number of fused-ring (bicyclic) bond motifs is 2. The van der Waals surface area contributed by atoms with Crippen LogP contribution in [-0.2, 0) is 22.6 Å². The van der Waals surface area contributed by atoms with Gasteiger partial charge < -0.3 is 9.84 Å². The maximum absolute atomic E-state index is 14.3. The lowest BCUT2D eigenvalue weighted by molar-refractivity contribution is -0.137. The van der Waals surface area contributed by atoms with Crippen molar-refractivity contribution in [3.8, 4) is 0 Å². The molecule has 0 atom stereocenters. The first-order valence-electron chi connectivity index (χ1n) is 11.9. The highest BCUT2D eigenvalue weighted by Crippen LogP contribution is 2.33. The van der Waals surface area contributed by atoms with Gasteiger partial charge in [-0.25, -0.2) is 18.9 Å². The Bertz CT molecular complexity index is 1730. The quantitative estimate of drug-likeness (QED) is 0.224. The van der Waals surface area contributed by atoms with Crippen molar-refractivity contribution in [3.63, 3.8) is 0 Å². The molecule has 14 heteroatoms. The van der Waals surface area contributed by atoms with Gasteiger partial charge in [0, 0.05) is 29.6 Å². The molecule has 0 bridgehead atoms. The number of pyridine rings is 1. The van der Waals surface area contributed by atoms with E-state index in [1.807, 2.05) is 13.0 Å². The van der Waals surface area contributed by atoms with Crippen molar-refractivity contribution >= 4 is 74.8 Å². The smallest absolute Gasteiger partial charge is 0.339 e. The number of hydrogen-bond donors (Lipinski definition) is 1. The van der Waals surface area contributed by atoms with Crippen LogP contribution in [-0.4, -0.2) is 44.3 Å². The van der Waals surface area contributed by atoms with E-state index in [2.05, 4.69) is 14.7 Å². The van der Waals surface area contributed by atoms with Crippen LogP contribution in [0, 0.1) is 12.7 Å². The minimum atomic E-state index is -1.05. The molecule has 1 aliphatic heterocycles. The minimum Gasteiger partial charge on any atom is -0.478 e. The largest absolute Gasteiger partial charge is 0.478 e. The average molecular weight is 626 g/mol. The van der Waals surface area contributed by atoms with Gasteiger partial charge in [0.05, 0.1) is 28.4 Å². The lowest BCUT2D eigenvalue weighted by Crippen LogP contribution is -2.31. The van der Waals surface area contributed by atoms with Gasteiger partial charge in [0.2, 0.25) is 4.80 Å². The second kappa shape index (κ2) is 13.0. The first kappa shape index (κ1) is 29.8. The molecule has 0 amide bonds. The van der Waals surface area contributed by atoms with Crippen molar-refractivity contribution in [2.24, 2.45) is 4.99 Å². The number of carbonyl (C=O) groups is 2. The van der Waals surface area contributed by atoms with E-state index in [4.69, 9.17) is 28.3 Å². The van der Waals surface area contributed by atoms with E-state index in [1.54, 1.807) is 27.7 Å². The second-order valence-corrected chi connectivity index (χ2v) is 11.4. The fraction of sp³-hybridized carbons (Fsp3) is 0.269. The first-order chi connectivity index (χ1) is 19.1. The van der Waals surface area contributed by atoms with Crippen LogP contribution in [0.15, 0.2) is 51.2 Å². The van der Waals surface area contributed by atoms with Gasteiger partial charge in [-0.3, -0.25) is 19.3 Å². The summed E-state index contributed by atoms with van der Waals surface area (Å²) in [5.41, 5.74) is 1.57. The summed E-state index contributed by atoms with van der Waals surface area (Å²) in [4.78, 5) is 43.6. The van der Waals surface area contributed by atoms with Gasteiger partial charge in [-0.2, -0.15) is 0 Å². The molecule has 0 aliphatic carbocycles. The third-order valence-electron chi connectivity index (χ3n) is 5.83. The predicted octanol–water partition coefficient (Wildman–Crippen LogP) is 5.69.